The molecule has 122 valence electrons. The normalized spacial score (nSPS) is 17.9. The van der Waals surface area contributed by atoms with E-state index in [0.29, 0.717) is 22.3 Å². The van der Waals surface area contributed by atoms with Crippen LogP contribution >= 0.6 is 27.7 Å². The monoisotopic (exact) mass is 402 g/mol. The lowest BCUT2D eigenvalue weighted by Crippen LogP contribution is -2.28. The van der Waals surface area contributed by atoms with E-state index in [-0.39, 0.29) is 11.7 Å². The van der Waals surface area contributed by atoms with Gasteiger partial charge in [-0.2, -0.15) is 0 Å². The molecule has 1 amide bonds. The van der Waals surface area contributed by atoms with Crippen LogP contribution in [0.5, 0.6) is 5.75 Å². The minimum absolute atomic E-state index is 0.0543. The van der Waals surface area contributed by atoms with Gasteiger partial charge in [0.1, 0.15) is 5.75 Å². The molecule has 6 heteroatoms. The lowest BCUT2D eigenvalue weighted by molar-refractivity contribution is -0.122. The van der Waals surface area contributed by atoms with Crippen molar-refractivity contribution >= 4 is 50.5 Å². The van der Waals surface area contributed by atoms with E-state index in [1.54, 1.807) is 29.2 Å². The zero-order valence-corrected chi connectivity index (χ0v) is 15.3. The molecule has 1 saturated heterocycles. The number of benzene rings is 2. The number of hydrogen-bond donors (Lipinski definition) is 1. The van der Waals surface area contributed by atoms with Crippen LogP contribution in [0.15, 0.2) is 62.9 Å². The van der Waals surface area contributed by atoms with Crippen LogP contribution in [-0.4, -0.2) is 27.6 Å². The summed E-state index contributed by atoms with van der Waals surface area (Å²) in [7, 11) is 0. The van der Waals surface area contributed by atoms with E-state index < -0.39 is 0 Å². The summed E-state index contributed by atoms with van der Waals surface area (Å²) in [5, 5.41) is 10.2. The summed E-state index contributed by atoms with van der Waals surface area (Å²) in [6.07, 6.45) is 1.87. The molecule has 1 aliphatic rings. The Hall–Kier alpha value is -2.05. The van der Waals surface area contributed by atoms with E-state index in [9.17, 15) is 9.90 Å². The highest BCUT2D eigenvalue weighted by atomic mass is 79.9. The van der Waals surface area contributed by atoms with Crippen LogP contribution in [0.4, 0.5) is 5.69 Å². The van der Waals surface area contributed by atoms with Gasteiger partial charge in [-0.1, -0.05) is 34.1 Å². The van der Waals surface area contributed by atoms with Gasteiger partial charge in [-0.3, -0.25) is 9.69 Å². The highest BCUT2D eigenvalue weighted by Crippen LogP contribution is 2.34. The van der Waals surface area contributed by atoms with Crippen LogP contribution in [0.1, 0.15) is 12.5 Å². The van der Waals surface area contributed by atoms with Gasteiger partial charge in [0.2, 0.25) is 0 Å². The molecule has 0 unspecified atom stereocenters. The number of carbonyl (C=O) groups excluding carboxylic acids is 1. The number of halogens is 1. The quantitative estimate of drug-likeness (QED) is 0.751. The fraction of sp³-hybridized carbons (Fsp3) is 0.111. The third-order valence-corrected chi connectivity index (χ3v) is 4.91. The van der Waals surface area contributed by atoms with Crippen molar-refractivity contribution in [1.82, 2.24) is 4.90 Å². The molecule has 4 nitrogen and oxygen atoms in total. The Morgan fingerprint density at radius 3 is 2.75 bits per heavy atom. The smallest absolute Gasteiger partial charge is 0.266 e. The summed E-state index contributed by atoms with van der Waals surface area (Å²) in [4.78, 5) is 19.4. The van der Waals surface area contributed by atoms with Gasteiger partial charge >= 0.3 is 0 Å². The van der Waals surface area contributed by atoms with Gasteiger partial charge in [0.05, 0.1) is 10.6 Å². The highest BCUT2D eigenvalue weighted by Gasteiger charge is 2.32. The molecule has 1 aliphatic heterocycles. The molecule has 0 bridgehead atoms. The molecule has 1 heterocycles. The molecule has 2 aromatic carbocycles. The lowest BCUT2D eigenvalue weighted by atomic mass is 10.2. The molecule has 3 rings (SSSR count). The third-order valence-electron chi connectivity index (χ3n) is 3.41. The van der Waals surface area contributed by atoms with Crippen molar-refractivity contribution in [2.75, 3.05) is 6.54 Å². The summed E-state index contributed by atoms with van der Waals surface area (Å²) in [6, 6.07) is 14.5. The van der Waals surface area contributed by atoms with Gasteiger partial charge in [-0.15, -0.1) is 0 Å². The maximum absolute atomic E-state index is 12.6. The molecule has 0 aliphatic carbocycles. The number of likely N-dealkylation sites (N-methyl/N-ethyl adjacent to an activating group) is 1. The van der Waals surface area contributed by atoms with Gasteiger partial charge in [-0.25, -0.2) is 4.99 Å². The van der Waals surface area contributed by atoms with E-state index in [4.69, 9.17) is 0 Å². The van der Waals surface area contributed by atoms with Crippen molar-refractivity contribution in [2.24, 2.45) is 4.99 Å². The molecule has 0 aromatic heterocycles. The van der Waals surface area contributed by atoms with Gasteiger partial charge < -0.3 is 5.11 Å². The average Bonchev–Trinajstić information content (AvgIpc) is 2.82. The number of rotatable bonds is 3. The number of phenols is 1. The first-order valence-corrected chi connectivity index (χ1v) is 9.02. The van der Waals surface area contributed by atoms with Crippen LogP contribution in [-0.2, 0) is 4.79 Å². The maximum atomic E-state index is 12.6. The number of thioether (sulfide) groups is 1. The zero-order chi connectivity index (χ0) is 17.1. The van der Waals surface area contributed by atoms with E-state index in [1.165, 1.54) is 11.8 Å². The minimum Gasteiger partial charge on any atom is -0.508 e. The Labute approximate surface area is 153 Å². The number of amidine groups is 1. The van der Waals surface area contributed by atoms with Crippen molar-refractivity contribution in [3.8, 4) is 5.75 Å². The molecule has 0 spiro atoms. The summed E-state index contributed by atoms with van der Waals surface area (Å²) in [5.41, 5.74) is 1.57. The number of aliphatic imine (C=N–C) groups is 1. The Morgan fingerprint density at radius 2 is 2.04 bits per heavy atom. The summed E-state index contributed by atoms with van der Waals surface area (Å²) < 4.78 is 0.966. The first-order valence-electron chi connectivity index (χ1n) is 7.41. The predicted molar refractivity (Wildman–Crippen MR) is 102 cm³/mol. The summed E-state index contributed by atoms with van der Waals surface area (Å²) in [5.74, 6) is 0.0977. The second-order valence-corrected chi connectivity index (χ2v) is 7.05. The highest BCUT2D eigenvalue weighted by molar-refractivity contribution is 9.10. The molecular formula is C18H15BrN2O2S. The van der Waals surface area contributed by atoms with Crippen molar-refractivity contribution in [1.29, 1.82) is 0 Å². The second kappa shape index (κ2) is 7.23. The maximum Gasteiger partial charge on any atom is 0.266 e. The molecule has 24 heavy (non-hydrogen) atoms. The standard InChI is InChI=1S/C18H15BrN2O2S/c1-2-21-17(23)16(10-12-5-3-6-13(19)9-12)24-18(21)20-14-7-4-8-15(22)11-14/h3-11,22H,2H2,1H3/b16-10-,20-18?. The number of phenolic OH excluding ortho intramolecular Hbond substituents is 1. The summed E-state index contributed by atoms with van der Waals surface area (Å²) >= 11 is 4.78. The van der Waals surface area contributed by atoms with Gasteiger partial charge in [0.15, 0.2) is 5.17 Å². The Morgan fingerprint density at radius 1 is 1.25 bits per heavy atom. The van der Waals surface area contributed by atoms with Crippen molar-refractivity contribution in [3.63, 3.8) is 0 Å². The fourth-order valence-electron chi connectivity index (χ4n) is 2.29. The SMILES string of the molecule is CCN1C(=O)/C(=C/c2cccc(Br)c2)SC1=Nc1cccc(O)c1. The number of carbonyl (C=O) groups is 1. The predicted octanol–water partition coefficient (Wildman–Crippen LogP) is 4.78. The van der Waals surface area contributed by atoms with Crippen LogP contribution in [0.2, 0.25) is 0 Å². The van der Waals surface area contributed by atoms with Gasteiger partial charge in [0, 0.05) is 17.1 Å². The van der Waals surface area contributed by atoms with E-state index in [2.05, 4.69) is 20.9 Å². The van der Waals surface area contributed by atoms with Crippen molar-refractivity contribution in [3.05, 3.63) is 63.5 Å². The fourth-order valence-corrected chi connectivity index (χ4v) is 3.77. The Bertz CT molecular complexity index is 848. The number of hydrogen-bond acceptors (Lipinski definition) is 4. The molecule has 0 radical (unpaired) electrons. The van der Waals surface area contributed by atoms with Crippen LogP contribution in [0.3, 0.4) is 0 Å². The topological polar surface area (TPSA) is 52.9 Å². The zero-order valence-electron chi connectivity index (χ0n) is 12.9. The van der Waals surface area contributed by atoms with Crippen LogP contribution < -0.4 is 0 Å². The number of aromatic hydroxyl groups is 1. The van der Waals surface area contributed by atoms with Crippen LogP contribution in [0, 0.1) is 0 Å². The molecular weight excluding hydrogens is 388 g/mol. The molecule has 1 N–H and O–H groups in total. The molecule has 0 saturated carbocycles. The molecule has 0 atom stereocenters. The second-order valence-electron chi connectivity index (χ2n) is 5.13. The van der Waals surface area contributed by atoms with E-state index in [1.807, 2.05) is 37.3 Å². The van der Waals surface area contributed by atoms with Crippen molar-refractivity contribution < 1.29 is 9.90 Å². The third kappa shape index (κ3) is 3.71. The first-order chi connectivity index (χ1) is 11.6. The lowest BCUT2D eigenvalue weighted by Gasteiger charge is -2.11. The minimum atomic E-state index is -0.0543. The van der Waals surface area contributed by atoms with Crippen LogP contribution in [0.25, 0.3) is 6.08 Å². The Balaban J connectivity index is 1.94. The Kier molecular flexibility index (Phi) is 5.06. The molecule has 2 aromatic rings. The average molecular weight is 403 g/mol. The molecule has 1 fully saturated rings. The van der Waals surface area contributed by atoms with Crippen molar-refractivity contribution in [2.45, 2.75) is 6.92 Å². The number of nitrogens with zero attached hydrogens (tertiary/aromatic N) is 2. The number of amides is 1. The summed E-state index contributed by atoms with van der Waals surface area (Å²) in [6.45, 7) is 2.46. The largest absolute Gasteiger partial charge is 0.508 e. The van der Waals surface area contributed by atoms with E-state index in [0.717, 1.165) is 10.0 Å². The van der Waals surface area contributed by atoms with Gasteiger partial charge in [-0.05, 0) is 54.6 Å². The van der Waals surface area contributed by atoms with Gasteiger partial charge in [0.25, 0.3) is 5.91 Å². The van der Waals surface area contributed by atoms with E-state index >= 15 is 0 Å². The first kappa shape index (κ1) is 16.8.